The van der Waals surface area contributed by atoms with Crippen LogP contribution in [-0.2, 0) is 6.54 Å². The molecule has 0 spiro atoms. The molecule has 0 atom stereocenters. The van der Waals surface area contributed by atoms with Crippen molar-refractivity contribution in [2.45, 2.75) is 26.8 Å². The van der Waals surface area contributed by atoms with Gasteiger partial charge in [0.25, 0.3) is 5.91 Å². The number of rotatable bonds is 7. The predicted molar refractivity (Wildman–Crippen MR) is 104 cm³/mol. The summed E-state index contributed by atoms with van der Waals surface area (Å²) >= 11 is 0. The first-order chi connectivity index (χ1) is 12.6. The molecule has 1 aliphatic heterocycles. The third-order valence-electron chi connectivity index (χ3n) is 4.77. The molecule has 140 valence electrons. The van der Waals surface area contributed by atoms with Gasteiger partial charge in [0, 0.05) is 44.0 Å². The van der Waals surface area contributed by atoms with Crippen LogP contribution in [0.4, 0.5) is 0 Å². The van der Waals surface area contributed by atoms with Crippen molar-refractivity contribution in [2.75, 3.05) is 39.3 Å². The highest BCUT2D eigenvalue weighted by molar-refractivity contribution is 5.94. The Balaban J connectivity index is 1.49. The van der Waals surface area contributed by atoms with Gasteiger partial charge in [0.15, 0.2) is 0 Å². The summed E-state index contributed by atoms with van der Waals surface area (Å²) in [6.07, 6.45) is 0.983. The number of piperazine rings is 1. The fraction of sp³-hybridized carbons (Fsp3) is 0.500. The molecule has 3 rings (SSSR count). The fourth-order valence-corrected chi connectivity index (χ4v) is 3.36. The molecule has 0 aliphatic carbocycles. The lowest BCUT2D eigenvalue weighted by atomic mass is 10.1. The number of benzene rings is 1. The maximum Gasteiger partial charge on any atom is 0.251 e. The fourth-order valence-electron chi connectivity index (χ4n) is 3.36. The van der Waals surface area contributed by atoms with Gasteiger partial charge in [-0.15, -0.1) is 0 Å². The van der Waals surface area contributed by atoms with E-state index in [9.17, 15) is 4.79 Å². The lowest BCUT2D eigenvalue weighted by Gasteiger charge is -2.27. The third kappa shape index (κ3) is 5.16. The number of amides is 1. The minimum absolute atomic E-state index is 0.000489. The van der Waals surface area contributed by atoms with Crippen molar-refractivity contribution in [3.63, 3.8) is 0 Å². The number of nitrogens with one attached hydrogen (secondary N) is 2. The molecule has 2 N–H and O–H groups in total. The van der Waals surface area contributed by atoms with Crippen LogP contribution in [0.3, 0.4) is 0 Å². The van der Waals surface area contributed by atoms with Crippen molar-refractivity contribution >= 4 is 5.91 Å². The Kier molecular flexibility index (Phi) is 6.41. The number of hydrogen-bond acceptors (Lipinski definition) is 4. The van der Waals surface area contributed by atoms with E-state index in [1.807, 2.05) is 35.9 Å². The van der Waals surface area contributed by atoms with Crippen LogP contribution in [0, 0.1) is 13.8 Å². The Morgan fingerprint density at radius 2 is 2.04 bits per heavy atom. The number of carbonyl (C=O) groups excluding carboxylic acids is 1. The van der Waals surface area contributed by atoms with Crippen LogP contribution < -0.4 is 10.6 Å². The van der Waals surface area contributed by atoms with Crippen molar-refractivity contribution in [3.05, 3.63) is 52.8 Å². The molecule has 26 heavy (non-hydrogen) atoms. The molecule has 0 unspecified atom stereocenters. The van der Waals surface area contributed by atoms with Crippen LogP contribution in [0.15, 0.2) is 30.3 Å². The molecular formula is C20H29N5O. The number of nitrogens with zero attached hydrogens (tertiary/aromatic N) is 3. The molecule has 0 radical (unpaired) electrons. The van der Waals surface area contributed by atoms with Gasteiger partial charge >= 0.3 is 0 Å². The number of aromatic nitrogens is 2. The zero-order valence-corrected chi connectivity index (χ0v) is 15.8. The summed E-state index contributed by atoms with van der Waals surface area (Å²) in [5.41, 5.74) is 3.95. The molecule has 1 saturated heterocycles. The van der Waals surface area contributed by atoms with Gasteiger partial charge in [-0.05, 0) is 50.6 Å². The second kappa shape index (κ2) is 8.96. The Morgan fingerprint density at radius 1 is 1.23 bits per heavy atom. The van der Waals surface area contributed by atoms with Gasteiger partial charge in [0.2, 0.25) is 0 Å². The van der Waals surface area contributed by atoms with Crippen LogP contribution in [0.1, 0.15) is 33.7 Å². The summed E-state index contributed by atoms with van der Waals surface area (Å²) in [4.78, 5) is 14.9. The molecule has 6 nitrogen and oxygen atoms in total. The first-order valence-electron chi connectivity index (χ1n) is 9.43. The second-order valence-corrected chi connectivity index (χ2v) is 6.99. The second-order valence-electron chi connectivity index (χ2n) is 6.99. The Labute approximate surface area is 155 Å². The zero-order valence-electron chi connectivity index (χ0n) is 15.8. The summed E-state index contributed by atoms with van der Waals surface area (Å²) in [6, 6.07) is 9.88. The summed E-state index contributed by atoms with van der Waals surface area (Å²) in [5.74, 6) is 0.000489. The zero-order chi connectivity index (χ0) is 18.4. The van der Waals surface area contributed by atoms with Crippen molar-refractivity contribution in [1.29, 1.82) is 0 Å². The Hall–Kier alpha value is -2.18. The molecule has 1 amide bonds. The Morgan fingerprint density at radius 3 is 2.77 bits per heavy atom. The molecule has 2 heterocycles. The number of aryl methyl sites for hydroxylation is 2. The first kappa shape index (κ1) is 18.6. The van der Waals surface area contributed by atoms with Gasteiger partial charge in [-0.3, -0.25) is 9.48 Å². The standard InChI is InChI=1S/C20H29N5O/c1-16-13-17(2)25(23-16)15-18-5-3-6-19(14-18)20(26)22-7-4-10-24-11-8-21-9-12-24/h3,5-6,13-14,21H,4,7-12,15H2,1-2H3,(H,22,26). The first-order valence-corrected chi connectivity index (χ1v) is 9.43. The lowest BCUT2D eigenvalue weighted by molar-refractivity contribution is 0.0951. The third-order valence-corrected chi connectivity index (χ3v) is 4.77. The number of carbonyl (C=O) groups is 1. The largest absolute Gasteiger partial charge is 0.352 e. The summed E-state index contributed by atoms with van der Waals surface area (Å²) in [5, 5.41) is 10.9. The van der Waals surface area contributed by atoms with E-state index >= 15 is 0 Å². The average molecular weight is 355 g/mol. The van der Waals surface area contributed by atoms with Gasteiger partial charge in [-0.25, -0.2) is 0 Å². The molecule has 1 aliphatic rings. The van der Waals surface area contributed by atoms with E-state index in [0.29, 0.717) is 18.7 Å². The predicted octanol–water partition coefficient (Wildman–Crippen LogP) is 1.57. The van der Waals surface area contributed by atoms with Crippen LogP contribution in [0.2, 0.25) is 0 Å². The summed E-state index contributed by atoms with van der Waals surface area (Å²) < 4.78 is 1.97. The summed E-state index contributed by atoms with van der Waals surface area (Å²) in [6.45, 7) is 10.8. The smallest absolute Gasteiger partial charge is 0.251 e. The van der Waals surface area contributed by atoms with Gasteiger partial charge in [0.1, 0.15) is 0 Å². The highest BCUT2D eigenvalue weighted by Crippen LogP contribution is 2.10. The van der Waals surface area contributed by atoms with E-state index in [2.05, 4.69) is 33.6 Å². The minimum Gasteiger partial charge on any atom is -0.352 e. The van der Waals surface area contributed by atoms with Crippen LogP contribution >= 0.6 is 0 Å². The maximum absolute atomic E-state index is 12.4. The van der Waals surface area contributed by atoms with Crippen LogP contribution in [0.25, 0.3) is 0 Å². The molecule has 1 aromatic heterocycles. The van der Waals surface area contributed by atoms with E-state index in [-0.39, 0.29) is 5.91 Å². The monoisotopic (exact) mass is 355 g/mol. The van der Waals surface area contributed by atoms with Crippen LogP contribution in [-0.4, -0.2) is 59.9 Å². The molecular weight excluding hydrogens is 326 g/mol. The van der Waals surface area contributed by atoms with E-state index in [1.54, 1.807) is 0 Å². The van der Waals surface area contributed by atoms with E-state index in [1.165, 1.54) is 0 Å². The van der Waals surface area contributed by atoms with Gasteiger partial charge in [0.05, 0.1) is 12.2 Å². The molecule has 0 bridgehead atoms. The SMILES string of the molecule is Cc1cc(C)n(Cc2cccc(C(=O)NCCCN3CCNCC3)c2)n1. The lowest BCUT2D eigenvalue weighted by Crippen LogP contribution is -2.44. The number of hydrogen-bond donors (Lipinski definition) is 2. The Bertz CT molecular complexity index is 734. The average Bonchev–Trinajstić information content (AvgIpc) is 2.96. The van der Waals surface area contributed by atoms with Gasteiger partial charge in [-0.2, -0.15) is 5.10 Å². The van der Waals surface area contributed by atoms with Crippen molar-refractivity contribution in [1.82, 2.24) is 25.3 Å². The maximum atomic E-state index is 12.4. The minimum atomic E-state index is 0.000489. The quantitative estimate of drug-likeness (QED) is 0.740. The highest BCUT2D eigenvalue weighted by Gasteiger charge is 2.10. The highest BCUT2D eigenvalue weighted by atomic mass is 16.1. The normalized spacial score (nSPS) is 15.2. The topological polar surface area (TPSA) is 62.2 Å². The van der Waals surface area contributed by atoms with E-state index in [4.69, 9.17) is 0 Å². The van der Waals surface area contributed by atoms with E-state index < -0.39 is 0 Å². The molecule has 0 saturated carbocycles. The molecule has 1 fully saturated rings. The van der Waals surface area contributed by atoms with Crippen molar-refractivity contribution in [2.24, 2.45) is 0 Å². The van der Waals surface area contributed by atoms with Crippen LogP contribution in [0.5, 0.6) is 0 Å². The van der Waals surface area contributed by atoms with Gasteiger partial charge in [-0.1, -0.05) is 12.1 Å². The van der Waals surface area contributed by atoms with Crippen molar-refractivity contribution < 1.29 is 4.79 Å². The summed E-state index contributed by atoms with van der Waals surface area (Å²) in [7, 11) is 0. The molecule has 6 heteroatoms. The van der Waals surface area contributed by atoms with Gasteiger partial charge < -0.3 is 15.5 Å². The molecule has 1 aromatic carbocycles. The van der Waals surface area contributed by atoms with Crippen molar-refractivity contribution in [3.8, 4) is 0 Å². The van der Waals surface area contributed by atoms with E-state index in [0.717, 1.165) is 56.1 Å². The molecule has 2 aromatic rings.